The molecule has 0 aliphatic rings. The van der Waals surface area contributed by atoms with Gasteiger partial charge in [-0.3, -0.25) is 9.48 Å². The van der Waals surface area contributed by atoms with Gasteiger partial charge in [0.2, 0.25) is 0 Å². The highest BCUT2D eigenvalue weighted by atomic mass is 16.6. The molecule has 3 rings (SSSR count). The number of hydrogen-bond donors (Lipinski definition) is 0. The second-order valence-corrected chi connectivity index (χ2v) is 7.34. The Hall–Kier alpha value is -3.29. The number of nitrogens with zero attached hydrogens (tertiary/aromatic N) is 4. The molecule has 2 heterocycles. The molecule has 0 saturated carbocycles. The van der Waals surface area contributed by atoms with Crippen LogP contribution in [-0.4, -0.2) is 44.4 Å². The van der Waals surface area contributed by atoms with Crippen molar-refractivity contribution in [3.8, 4) is 11.1 Å². The second kappa shape index (κ2) is 7.38. The van der Waals surface area contributed by atoms with Crippen molar-refractivity contribution in [1.29, 1.82) is 0 Å². The largest absolute Gasteiger partial charge is 0.464 e. The highest BCUT2D eigenvalue weighted by Crippen LogP contribution is 2.27. The topological polar surface area (TPSA) is 96.2 Å². The first-order chi connectivity index (χ1) is 13.2. The number of rotatable bonds is 4. The van der Waals surface area contributed by atoms with Crippen molar-refractivity contribution >= 4 is 22.8 Å². The van der Waals surface area contributed by atoms with E-state index in [0.717, 1.165) is 11.1 Å². The zero-order valence-electron chi connectivity index (χ0n) is 16.5. The number of aryl methyl sites for hydroxylation is 1. The molecule has 0 N–H and O–H groups in total. The van der Waals surface area contributed by atoms with E-state index < -0.39 is 17.5 Å². The maximum absolute atomic E-state index is 12.2. The van der Waals surface area contributed by atoms with Crippen molar-refractivity contribution in [2.24, 2.45) is 0 Å². The van der Waals surface area contributed by atoms with Gasteiger partial charge in [-0.1, -0.05) is 6.07 Å². The fourth-order valence-corrected chi connectivity index (χ4v) is 2.76. The summed E-state index contributed by atoms with van der Waals surface area (Å²) in [6, 6.07) is 5.48. The summed E-state index contributed by atoms with van der Waals surface area (Å²) >= 11 is 0. The average molecular weight is 382 g/mol. The Balaban J connectivity index is 2.05. The first-order valence-corrected chi connectivity index (χ1v) is 8.77. The molecule has 8 heteroatoms. The van der Waals surface area contributed by atoms with Crippen LogP contribution in [0.25, 0.3) is 22.0 Å². The van der Waals surface area contributed by atoms with E-state index in [0.29, 0.717) is 16.7 Å². The fourth-order valence-electron chi connectivity index (χ4n) is 2.76. The summed E-state index contributed by atoms with van der Waals surface area (Å²) in [5.74, 6) is -0.347. The number of methoxy groups -OCH3 is 1. The van der Waals surface area contributed by atoms with Gasteiger partial charge in [-0.2, -0.15) is 5.10 Å². The summed E-state index contributed by atoms with van der Waals surface area (Å²) in [7, 11) is 1.29. The van der Waals surface area contributed by atoms with Gasteiger partial charge in [-0.05, 0) is 45.4 Å². The lowest BCUT2D eigenvalue weighted by Crippen LogP contribution is -2.26. The van der Waals surface area contributed by atoms with Gasteiger partial charge in [0, 0.05) is 23.3 Å². The summed E-state index contributed by atoms with van der Waals surface area (Å²) in [6.45, 7) is 7.08. The summed E-state index contributed by atoms with van der Waals surface area (Å²) in [5, 5.41) is 4.87. The van der Waals surface area contributed by atoms with E-state index in [1.54, 1.807) is 39.2 Å². The van der Waals surface area contributed by atoms with Crippen LogP contribution in [0, 0.1) is 6.92 Å². The number of carbonyl (C=O) groups is 2. The van der Waals surface area contributed by atoms with Gasteiger partial charge in [0.05, 0.1) is 12.6 Å². The Labute approximate surface area is 162 Å². The second-order valence-electron chi connectivity index (χ2n) is 7.34. The van der Waals surface area contributed by atoms with Gasteiger partial charge < -0.3 is 9.47 Å². The molecule has 0 aliphatic carbocycles. The summed E-state index contributed by atoms with van der Waals surface area (Å²) in [5.41, 5.74) is 1.79. The van der Waals surface area contributed by atoms with E-state index in [4.69, 9.17) is 9.47 Å². The number of benzene rings is 1. The molecule has 1 aromatic carbocycles. The summed E-state index contributed by atoms with van der Waals surface area (Å²) in [6.07, 6.45) is 3.43. The Kier molecular flexibility index (Phi) is 5.13. The fraction of sp³-hybridized carbons (Fsp3) is 0.350. The number of esters is 2. The van der Waals surface area contributed by atoms with Crippen LogP contribution in [0.2, 0.25) is 0 Å². The van der Waals surface area contributed by atoms with Crippen molar-refractivity contribution in [3.05, 3.63) is 42.1 Å². The third-order valence-electron chi connectivity index (χ3n) is 3.94. The minimum atomic E-state index is -0.607. The molecule has 0 unspecified atom stereocenters. The molecule has 0 saturated heterocycles. The highest BCUT2D eigenvalue weighted by molar-refractivity contribution is 6.03. The van der Waals surface area contributed by atoms with Crippen LogP contribution in [0.3, 0.4) is 0 Å². The molecule has 28 heavy (non-hydrogen) atoms. The molecule has 146 valence electrons. The third kappa shape index (κ3) is 4.16. The minimum absolute atomic E-state index is 0.113. The molecule has 8 nitrogen and oxygen atoms in total. The van der Waals surface area contributed by atoms with Crippen LogP contribution >= 0.6 is 0 Å². The van der Waals surface area contributed by atoms with Crippen LogP contribution in [0.1, 0.15) is 37.1 Å². The zero-order valence-corrected chi connectivity index (χ0v) is 16.5. The maximum Gasteiger partial charge on any atom is 0.359 e. The number of aromatic nitrogens is 4. The van der Waals surface area contributed by atoms with Crippen molar-refractivity contribution in [2.75, 3.05) is 7.11 Å². The van der Waals surface area contributed by atoms with Crippen LogP contribution in [0.5, 0.6) is 0 Å². The summed E-state index contributed by atoms with van der Waals surface area (Å²) in [4.78, 5) is 32.8. The Morgan fingerprint density at radius 1 is 1.11 bits per heavy atom. The first-order valence-electron chi connectivity index (χ1n) is 8.77. The van der Waals surface area contributed by atoms with Crippen molar-refractivity contribution in [2.45, 2.75) is 39.8 Å². The standard InChI is InChI=1S/C20H22N4O4/c1-12-21-9-14(10-22-12)13-6-7-16-15(8-13)18(19(26)27-5)23-24(16)11-17(25)28-20(2,3)4/h6-10H,11H2,1-5H3. The monoisotopic (exact) mass is 382 g/mol. The summed E-state index contributed by atoms with van der Waals surface area (Å²) < 4.78 is 11.7. The van der Waals surface area contributed by atoms with Crippen molar-refractivity contribution in [1.82, 2.24) is 19.7 Å². The lowest BCUT2D eigenvalue weighted by atomic mass is 10.1. The highest BCUT2D eigenvalue weighted by Gasteiger charge is 2.22. The predicted octanol–water partition coefficient (Wildman–Crippen LogP) is 2.93. The molecule has 0 radical (unpaired) electrons. The minimum Gasteiger partial charge on any atom is -0.464 e. The van der Waals surface area contributed by atoms with Crippen molar-refractivity contribution < 1.29 is 19.1 Å². The quantitative estimate of drug-likeness (QED) is 0.640. The molecule has 0 aliphatic heterocycles. The molecule has 3 aromatic rings. The molecular weight excluding hydrogens is 360 g/mol. The van der Waals surface area contributed by atoms with E-state index in [-0.39, 0.29) is 12.2 Å². The maximum atomic E-state index is 12.2. The molecule has 2 aromatic heterocycles. The molecule has 0 atom stereocenters. The number of hydrogen-bond acceptors (Lipinski definition) is 7. The number of fused-ring (bicyclic) bond motifs is 1. The van der Waals surface area contributed by atoms with Gasteiger partial charge in [-0.15, -0.1) is 0 Å². The van der Waals surface area contributed by atoms with Crippen LogP contribution < -0.4 is 0 Å². The Morgan fingerprint density at radius 2 is 1.79 bits per heavy atom. The lowest BCUT2D eigenvalue weighted by molar-refractivity contribution is -0.155. The van der Waals surface area contributed by atoms with Gasteiger partial charge in [-0.25, -0.2) is 14.8 Å². The van der Waals surface area contributed by atoms with Gasteiger partial charge >= 0.3 is 11.9 Å². The Morgan fingerprint density at radius 3 is 2.39 bits per heavy atom. The van der Waals surface area contributed by atoms with E-state index in [1.165, 1.54) is 11.8 Å². The van der Waals surface area contributed by atoms with Crippen LogP contribution in [-0.2, 0) is 20.8 Å². The van der Waals surface area contributed by atoms with Crippen LogP contribution in [0.4, 0.5) is 0 Å². The molecule has 0 amide bonds. The smallest absolute Gasteiger partial charge is 0.359 e. The molecular formula is C20H22N4O4. The lowest BCUT2D eigenvalue weighted by Gasteiger charge is -2.19. The predicted molar refractivity (Wildman–Crippen MR) is 103 cm³/mol. The van der Waals surface area contributed by atoms with E-state index >= 15 is 0 Å². The van der Waals surface area contributed by atoms with E-state index in [2.05, 4.69) is 15.1 Å². The Bertz CT molecular complexity index is 1030. The first kappa shape index (κ1) is 19.5. The van der Waals surface area contributed by atoms with Gasteiger partial charge in [0.15, 0.2) is 5.69 Å². The van der Waals surface area contributed by atoms with Gasteiger partial charge in [0.1, 0.15) is 18.0 Å². The average Bonchev–Trinajstić information content (AvgIpc) is 2.97. The molecule has 0 bridgehead atoms. The SMILES string of the molecule is COC(=O)c1nn(CC(=O)OC(C)(C)C)c2ccc(-c3cnc(C)nc3)cc12. The van der Waals surface area contributed by atoms with E-state index in [9.17, 15) is 9.59 Å². The molecule has 0 spiro atoms. The molecule has 0 fully saturated rings. The van der Waals surface area contributed by atoms with Crippen molar-refractivity contribution in [3.63, 3.8) is 0 Å². The third-order valence-corrected chi connectivity index (χ3v) is 3.94. The van der Waals surface area contributed by atoms with E-state index in [1.807, 2.05) is 19.1 Å². The van der Waals surface area contributed by atoms with Crippen LogP contribution in [0.15, 0.2) is 30.6 Å². The number of ether oxygens (including phenoxy) is 2. The normalized spacial score (nSPS) is 11.5. The number of carbonyl (C=O) groups excluding carboxylic acids is 2. The van der Waals surface area contributed by atoms with Gasteiger partial charge in [0.25, 0.3) is 0 Å². The zero-order chi connectivity index (χ0) is 20.5.